The summed E-state index contributed by atoms with van der Waals surface area (Å²) in [5.74, 6) is 0.840. The molecule has 1 aromatic rings. The summed E-state index contributed by atoms with van der Waals surface area (Å²) in [5.41, 5.74) is 0. The topological polar surface area (TPSA) is 64.9 Å². The van der Waals surface area contributed by atoms with Gasteiger partial charge in [-0.15, -0.1) is 0 Å². The highest BCUT2D eigenvalue weighted by Gasteiger charge is 1.89. The minimum absolute atomic E-state index is 0. The maximum absolute atomic E-state index is 8.38. The van der Waals surface area contributed by atoms with Gasteiger partial charge in [0.25, 0.3) is 0 Å². The van der Waals surface area contributed by atoms with E-state index < -0.39 is 0 Å². The van der Waals surface area contributed by atoms with E-state index in [4.69, 9.17) is 9.52 Å². The van der Waals surface area contributed by atoms with E-state index in [0.717, 1.165) is 5.76 Å². The van der Waals surface area contributed by atoms with E-state index in [2.05, 4.69) is 0 Å². The van der Waals surface area contributed by atoms with Crippen molar-refractivity contribution < 1.29 is 15.0 Å². The van der Waals surface area contributed by atoms with Gasteiger partial charge in [-0.2, -0.15) is 0 Å². The average molecular weight is 130 g/mol. The second kappa shape index (κ2) is 4.12. The van der Waals surface area contributed by atoms with Crippen molar-refractivity contribution in [3.05, 3.63) is 24.2 Å². The normalized spacial score (nSPS) is 8.56. The molecule has 0 fully saturated rings. The third kappa shape index (κ3) is 2.30. The fraction of sp³-hybridized carbons (Fsp3) is 0.333. The van der Waals surface area contributed by atoms with Crippen LogP contribution in [0.4, 0.5) is 0 Å². The third-order valence-corrected chi connectivity index (χ3v) is 0.938. The number of aliphatic hydroxyl groups excluding tert-OH is 1. The predicted molar refractivity (Wildman–Crippen MR) is 33.1 cm³/mol. The lowest BCUT2D eigenvalue weighted by Crippen LogP contribution is -1.85. The molecule has 0 radical (unpaired) electrons. The van der Waals surface area contributed by atoms with Gasteiger partial charge in [0.2, 0.25) is 0 Å². The zero-order valence-corrected chi connectivity index (χ0v) is 5.00. The zero-order chi connectivity index (χ0) is 5.82. The Kier molecular flexibility index (Phi) is 3.75. The van der Waals surface area contributed by atoms with Crippen molar-refractivity contribution in [3.8, 4) is 0 Å². The Morgan fingerprint density at radius 3 is 2.78 bits per heavy atom. The van der Waals surface area contributed by atoms with Crippen LogP contribution in [0.5, 0.6) is 0 Å². The van der Waals surface area contributed by atoms with Gasteiger partial charge < -0.3 is 15.0 Å². The molecule has 1 heterocycles. The van der Waals surface area contributed by atoms with E-state index in [1.807, 2.05) is 12.1 Å². The molecule has 0 spiro atoms. The SMILES string of the molecule is O.OCCc1ccco1. The molecule has 0 saturated heterocycles. The van der Waals surface area contributed by atoms with Gasteiger partial charge in [-0.05, 0) is 12.1 Å². The van der Waals surface area contributed by atoms with Crippen LogP contribution in [0.1, 0.15) is 5.76 Å². The summed E-state index contributed by atoms with van der Waals surface area (Å²) in [7, 11) is 0. The molecule has 0 bridgehead atoms. The molecule has 3 N–H and O–H groups in total. The fourth-order valence-electron chi connectivity index (χ4n) is 0.565. The highest BCUT2D eigenvalue weighted by Crippen LogP contribution is 1.98. The first-order valence-electron chi connectivity index (χ1n) is 2.56. The third-order valence-electron chi connectivity index (χ3n) is 0.938. The molecule has 52 valence electrons. The smallest absolute Gasteiger partial charge is 0.106 e. The van der Waals surface area contributed by atoms with Gasteiger partial charge in [0, 0.05) is 6.42 Å². The summed E-state index contributed by atoms with van der Waals surface area (Å²) in [6.07, 6.45) is 2.22. The molecule has 0 unspecified atom stereocenters. The van der Waals surface area contributed by atoms with Gasteiger partial charge in [-0.3, -0.25) is 0 Å². The summed E-state index contributed by atoms with van der Waals surface area (Å²) < 4.78 is 4.91. The Bertz CT molecular complexity index is 134. The van der Waals surface area contributed by atoms with Gasteiger partial charge in [-0.1, -0.05) is 0 Å². The van der Waals surface area contributed by atoms with Crippen LogP contribution < -0.4 is 0 Å². The van der Waals surface area contributed by atoms with Crippen LogP contribution in [0.3, 0.4) is 0 Å². The molecule has 0 atom stereocenters. The van der Waals surface area contributed by atoms with Crippen molar-refractivity contribution in [1.29, 1.82) is 0 Å². The van der Waals surface area contributed by atoms with Crippen LogP contribution in [0.25, 0.3) is 0 Å². The van der Waals surface area contributed by atoms with Crippen LogP contribution in [-0.4, -0.2) is 17.2 Å². The monoisotopic (exact) mass is 130 g/mol. The largest absolute Gasteiger partial charge is 0.469 e. The second-order valence-corrected chi connectivity index (χ2v) is 1.55. The molecule has 0 aromatic carbocycles. The minimum atomic E-state index is 0. The maximum Gasteiger partial charge on any atom is 0.106 e. The van der Waals surface area contributed by atoms with Crippen molar-refractivity contribution in [2.45, 2.75) is 6.42 Å². The van der Waals surface area contributed by atoms with E-state index >= 15 is 0 Å². The first-order chi connectivity index (χ1) is 3.93. The molecular weight excluding hydrogens is 120 g/mol. The molecular formula is C6H10O3. The zero-order valence-electron chi connectivity index (χ0n) is 5.00. The number of furan rings is 1. The average Bonchev–Trinajstić information content (AvgIpc) is 2.19. The van der Waals surface area contributed by atoms with Crippen molar-refractivity contribution in [3.63, 3.8) is 0 Å². The van der Waals surface area contributed by atoms with E-state index in [1.54, 1.807) is 6.26 Å². The van der Waals surface area contributed by atoms with Crippen molar-refractivity contribution in [2.75, 3.05) is 6.61 Å². The standard InChI is InChI=1S/C6H8O2.H2O/c7-4-3-6-2-1-5-8-6;/h1-2,5,7H,3-4H2;1H2. The number of rotatable bonds is 2. The molecule has 3 nitrogen and oxygen atoms in total. The fourth-order valence-corrected chi connectivity index (χ4v) is 0.565. The van der Waals surface area contributed by atoms with Crippen LogP contribution in [0.15, 0.2) is 22.8 Å². The molecule has 0 aliphatic heterocycles. The molecule has 9 heavy (non-hydrogen) atoms. The van der Waals surface area contributed by atoms with Crippen LogP contribution >= 0.6 is 0 Å². The Balaban J connectivity index is 0.000000640. The van der Waals surface area contributed by atoms with Crippen LogP contribution in [0, 0.1) is 0 Å². The molecule has 0 saturated carbocycles. The highest BCUT2D eigenvalue weighted by molar-refractivity contribution is 4.97. The summed E-state index contributed by atoms with van der Waals surface area (Å²) in [5, 5.41) is 8.38. The van der Waals surface area contributed by atoms with Gasteiger partial charge in [0.15, 0.2) is 0 Å². The van der Waals surface area contributed by atoms with E-state index in [1.165, 1.54) is 0 Å². The summed E-state index contributed by atoms with van der Waals surface area (Å²) >= 11 is 0. The van der Waals surface area contributed by atoms with E-state index in [-0.39, 0.29) is 12.1 Å². The van der Waals surface area contributed by atoms with Crippen LogP contribution in [0.2, 0.25) is 0 Å². The molecule has 0 aliphatic rings. The molecule has 0 amide bonds. The molecule has 1 rings (SSSR count). The van der Waals surface area contributed by atoms with E-state index in [0.29, 0.717) is 6.42 Å². The van der Waals surface area contributed by atoms with Gasteiger partial charge in [0.1, 0.15) is 5.76 Å². The van der Waals surface area contributed by atoms with Gasteiger partial charge in [-0.25, -0.2) is 0 Å². The summed E-state index contributed by atoms with van der Waals surface area (Å²) in [6.45, 7) is 0.160. The Labute approximate surface area is 53.2 Å². The summed E-state index contributed by atoms with van der Waals surface area (Å²) in [6, 6.07) is 3.65. The second-order valence-electron chi connectivity index (χ2n) is 1.55. The van der Waals surface area contributed by atoms with Crippen molar-refractivity contribution >= 4 is 0 Å². The maximum atomic E-state index is 8.38. The predicted octanol–water partition coefficient (Wildman–Crippen LogP) is -0.0103. The first-order valence-corrected chi connectivity index (χ1v) is 2.56. The lowest BCUT2D eigenvalue weighted by Gasteiger charge is -1.85. The molecule has 0 aliphatic carbocycles. The Morgan fingerprint density at radius 2 is 2.33 bits per heavy atom. The lowest BCUT2D eigenvalue weighted by molar-refractivity contribution is 0.288. The van der Waals surface area contributed by atoms with Crippen molar-refractivity contribution in [2.24, 2.45) is 0 Å². The Morgan fingerprint density at radius 1 is 1.56 bits per heavy atom. The molecule has 1 aromatic heterocycles. The number of hydrogen-bond acceptors (Lipinski definition) is 2. The minimum Gasteiger partial charge on any atom is -0.469 e. The lowest BCUT2D eigenvalue weighted by atomic mass is 10.3. The van der Waals surface area contributed by atoms with Crippen LogP contribution in [-0.2, 0) is 6.42 Å². The first kappa shape index (κ1) is 8.20. The summed E-state index contributed by atoms with van der Waals surface area (Å²) in [4.78, 5) is 0. The number of hydrogen-bond donors (Lipinski definition) is 1. The molecule has 3 heteroatoms. The van der Waals surface area contributed by atoms with Crippen molar-refractivity contribution in [1.82, 2.24) is 0 Å². The van der Waals surface area contributed by atoms with Gasteiger partial charge >= 0.3 is 0 Å². The van der Waals surface area contributed by atoms with Gasteiger partial charge in [0.05, 0.1) is 12.9 Å². The van der Waals surface area contributed by atoms with E-state index in [9.17, 15) is 0 Å². The highest BCUT2D eigenvalue weighted by atomic mass is 16.3. The number of aliphatic hydroxyl groups is 1. The quantitative estimate of drug-likeness (QED) is 0.611. The Hall–Kier alpha value is -0.800.